The number of aryl methyl sites for hydroxylation is 1. The molecule has 2 atom stereocenters. The number of benzene rings is 2. The first-order chi connectivity index (χ1) is 14.8. The second kappa shape index (κ2) is 6.06. The van der Waals surface area contributed by atoms with Crippen LogP contribution in [0.5, 0.6) is 0 Å². The lowest BCUT2D eigenvalue weighted by Gasteiger charge is -2.60. The van der Waals surface area contributed by atoms with Crippen molar-refractivity contribution in [2.75, 3.05) is 6.54 Å². The van der Waals surface area contributed by atoms with Gasteiger partial charge in [0.05, 0.1) is 23.0 Å². The number of likely N-dealkylation sites (tertiary alicyclic amines) is 1. The van der Waals surface area contributed by atoms with E-state index >= 15 is 0 Å². The predicted octanol–water partition coefficient (Wildman–Crippen LogP) is 4.59. The Balaban J connectivity index is 1.43. The van der Waals surface area contributed by atoms with Crippen molar-refractivity contribution < 1.29 is 4.79 Å². The number of piperidine rings is 1. The molecule has 1 aliphatic carbocycles. The molecule has 0 saturated carbocycles. The van der Waals surface area contributed by atoms with Gasteiger partial charge in [-0.3, -0.25) is 9.79 Å². The molecule has 0 spiro atoms. The van der Waals surface area contributed by atoms with Gasteiger partial charge in [0.1, 0.15) is 0 Å². The average Bonchev–Trinajstić information content (AvgIpc) is 3.35. The van der Waals surface area contributed by atoms with E-state index in [-0.39, 0.29) is 22.8 Å². The Hall–Kier alpha value is -2.95. The van der Waals surface area contributed by atoms with Crippen LogP contribution >= 0.6 is 0 Å². The van der Waals surface area contributed by atoms with E-state index in [9.17, 15) is 4.79 Å². The number of hydrogen-bond acceptors (Lipinski definition) is 3. The molecular weight excluding hydrogens is 384 g/mol. The molecule has 31 heavy (non-hydrogen) atoms. The number of nitrogens with zero attached hydrogens (tertiary/aromatic N) is 4. The number of aromatic nitrogens is 2. The maximum atomic E-state index is 13.7. The lowest BCUT2D eigenvalue weighted by atomic mass is 9.51. The summed E-state index contributed by atoms with van der Waals surface area (Å²) >= 11 is 0. The van der Waals surface area contributed by atoms with Crippen molar-refractivity contribution in [1.82, 2.24) is 14.5 Å². The molecule has 1 aromatic heterocycles. The van der Waals surface area contributed by atoms with Crippen molar-refractivity contribution in [1.29, 1.82) is 0 Å². The number of hydrogen-bond donors (Lipinski definition) is 0. The maximum absolute atomic E-state index is 13.7. The number of imidazole rings is 1. The summed E-state index contributed by atoms with van der Waals surface area (Å²) in [6.45, 7) is 7.89. The Morgan fingerprint density at radius 3 is 2.81 bits per heavy atom. The topological polar surface area (TPSA) is 50.5 Å². The van der Waals surface area contributed by atoms with E-state index in [0.717, 1.165) is 48.1 Å². The molecule has 2 aliphatic heterocycles. The van der Waals surface area contributed by atoms with Crippen LogP contribution in [0, 0.1) is 5.41 Å². The SMILES string of the molecule is Cn1cnc2cc3c(cc21)[C@]1(C)CCN(C(=O)c2ccc4c(c2)CC=N4)[C@H](C3)C1(C)C. The summed E-state index contributed by atoms with van der Waals surface area (Å²) in [5.74, 6) is 0.150. The lowest BCUT2D eigenvalue weighted by Crippen LogP contribution is -2.64. The van der Waals surface area contributed by atoms with Gasteiger partial charge >= 0.3 is 0 Å². The van der Waals surface area contributed by atoms with Crippen molar-refractivity contribution in [3.63, 3.8) is 0 Å². The van der Waals surface area contributed by atoms with Crippen molar-refractivity contribution >= 4 is 28.8 Å². The van der Waals surface area contributed by atoms with Gasteiger partial charge in [0.15, 0.2) is 0 Å². The summed E-state index contributed by atoms with van der Waals surface area (Å²) in [6, 6.07) is 10.7. The molecule has 158 valence electrons. The number of rotatable bonds is 1. The van der Waals surface area contributed by atoms with Crippen LogP contribution in [-0.2, 0) is 25.3 Å². The summed E-state index contributed by atoms with van der Waals surface area (Å²) in [5, 5.41) is 0. The molecule has 2 bridgehead atoms. The Morgan fingerprint density at radius 2 is 1.97 bits per heavy atom. The number of aliphatic imine (C=N–C) groups is 1. The minimum Gasteiger partial charge on any atom is -0.335 e. The van der Waals surface area contributed by atoms with E-state index in [2.05, 4.69) is 59.4 Å². The van der Waals surface area contributed by atoms with Crippen LogP contribution in [0.3, 0.4) is 0 Å². The predicted molar refractivity (Wildman–Crippen MR) is 123 cm³/mol. The zero-order valence-electron chi connectivity index (χ0n) is 18.6. The van der Waals surface area contributed by atoms with E-state index < -0.39 is 0 Å². The molecular formula is C26H28N4O. The van der Waals surface area contributed by atoms with Gasteiger partial charge in [0.2, 0.25) is 0 Å². The smallest absolute Gasteiger partial charge is 0.254 e. The summed E-state index contributed by atoms with van der Waals surface area (Å²) < 4.78 is 2.11. The first-order valence-electron chi connectivity index (χ1n) is 11.2. The summed E-state index contributed by atoms with van der Waals surface area (Å²) in [7, 11) is 2.06. The van der Waals surface area contributed by atoms with Crippen molar-refractivity contribution in [2.24, 2.45) is 17.5 Å². The van der Waals surface area contributed by atoms with Gasteiger partial charge in [-0.2, -0.15) is 0 Å². The Kier molecular flexibility index (Phi) is 3.67. The third kappa shape index (κ3) is 2.40. The van der Waals surface area contributed by atoms with Crippen LogP contribution in [0.4, 0.5) is 5.69 Å². The molecule has 1 fully saturated rings. The monoisotopic (exact) mass is 412 g/mol. The molecule has 0 unspecified atom stereocenters. The van der Waals surface area contributed by atoms with Gasteiger partial charge in [0.25, 0.3) is 5.91 Å². The molecule has 5 heteroatoms. The number of amides is 1. The van der Waals surface area contributed by atoms with E-state index in [0.29, 0.717) is 0 Å². The third-order valence-electron chi connectivity index (χ3n) is 8.57. The molecule has 3 heterocycles. The molecule has 3 aliphatic rings. The van der Waals surface area contributed by atoms with Crippen LogP contribution < -0.4 is 0 Å². The first-order valence-corrected chi connectivity index (χ1v) is 11.2. The molecule has 5 nitrogen and oxygen atoms in total. The molecule has 0 radical (unpaired) electrons. The number of fused-ring (bicyclic) bond motifs is 6. The molecule has 2 aromatic carbocycles. The van der Waals surface area contributed by atoms with Gasteiger partial charge in [-0.15, -0.1) is 0 Å². The van der Waals surface area contributed by atoms with Gasteiger partial charge in [-0.25, -0.2) is 4.98 Å². The standard InChI is InChI=1S/C26H28N4O/c1-25(2)23-13-18-12-21-22(29(4)15-28-21)14-19(18)26(25,3)8-10-30(23)24(31)17-5-6-20-16(11-17)7-9-27-20/h5-6,9,11-12,14-15,23H,7-8,10,13H2,1-4H3/t23-,26+/m1/s1. The average molecular weight is 413 g/mol. The normalized spacial score (nSPS) is 25.5. The van der Waals surface area contributed by atoms with Crippen LogP contribution in [0.15, 0.2) is 41.7 Å². The zero-order chi connectivity index (χ0) is 21.5. The summed E-state index contributed by atoms with van der Waals surface area (Å²) in [5.41, 5.74) is 7.94. The summed E-state index contributed by atoms with van der Waals surface area (Å²) in [6.07, 6.45) is 6.47. The molecule has 6 rings (SSSR count). The van der Waals surface area contributed by atoms with E-state index in [1.54, 1.807) is 0 Å². The molecule has 1 amide bonds. The fourth-order valence-electron chi connectivity index (χ4n) is 6.19. The minimum atomic E-state index is -0.0278. The van der Waals surface area contributed by atoms with Crippen molar-refractivity contribution in [3.05, 3.63) is 58.9 Å². The van der Waals surface area contributed by atoms with Crippen molar-refractivity contribution in [2.45, 2.75) is 51.5 Å². The molecule has 1 saturated heterocycles. The summed E-state index contributed by atoms with van der Waals surface area (Å²) in [4.78, 5) is 24.8. The number of carbonyl (C=O) groups excluding carboxylic acids is 1. The Morgan fingerprint density at radius 1 is 1.13 bits per heavy atom. The van der Waals surface area contributed by atoms with E-state index in [1.807, 2.05) is 30.7 Å². The minimum absolute atomic E-state index is 0.0201. The highest BCUT2D eigenvalue weighted by molar-refractivity contribution is 5.96. The third-order valence-corrected chi connectivity index (χ3v) is 8.57. The molecule has 0 N–H and O–H groups in total. The number of carbonyl (C=O) groups is 1. The first kappa shape index (κ1) is 18.8. The van der Waals surface area contributed by atoms with Gasteiger partial charge in [0, 0.05) is 43.2 Å². The van der Waals surface area contributed by atoms with Crippen LogP contribution in [-0.4, -0.2) is 39.2 Å². The van der Waals surface area contributed by atoms with E-state index in [1.165, 1.54) is 16.6 Å². The van der Waals surface area contributed by atoms with Gasteiger partial charge < -0.3 is 9.47 Å². The second-order valence-corrected chi connectivity index (χ2v) is 10.2. The highest BCUT2D eigenvalue weighted by Crippen LogP contribution is 2.56. The van der Waals surface area contributed by atoms with Crippen LogP contribution in [0.2, 0.25) is 0 Å². The lowest BCUT2D eigenvalue weighted by molar-refractivity contribution is -0.0261. The van der Waals surface area contributed by atoms with Crippen LogP contribution in [0.1, 0.15) is 54.2 Å². The maximum Gasteiger partial charge on any atom is 0.254 e. The quantitative estimate of drug-likeness (QED) is 0.587. The molecule has 3 aromatic rings. The highest BCUT2D eigenvalue weighted by Gasteiger charge is 2.57. The van der Waals surface area contributed by atoms with Gasteiger partial charge in [-0.1, -0.05) is 20.8 Å². The van der Waals surface area contributed by atoms with Gasteiger partial charge in [-0.05, 0) is 65.3 Å². The Bertz CT molecular complexity index is 1280. The van der Waals surface area contributed by atoms with Crippen molar-refractivity contribution in [3.8, 4) is 0 Å². The zero-order valence-corrected chi connectivity index (χ0v) is 18.6. The fraction of sp³-hybridized carbons (Fsp3) is 0.423. The Labute approximate surface area is 182 Å². The largest absolute Gasteiger partial charge is 0.335 e. The highest BCUT2D eigenvalue weighted by atomic mass is 16.2. The fourth-order valence-corrected chi connectivity index (χ4v) is 6.19. The second-order valence-electron chi connectivity index (χ2n) is 10.2. The van der Waals surface area contributed by atoms with Crippen LogP contribution in [0.25, 0.3) is 11.0 Å². The van der Waals surface area contributed by atoms with E-state index in [4.69, 9.17) is 0 Å².